The fourth-order valence-electron chi connectivity index (χ4n) is 1.70. The van der Waals surface area contributed by atoms with E-state index in [-0.39, 0.29) is 5.60 Å². The number of aromatic nitrogens is 2. The Morgan fingerprint density at radius 1 is 1.44 bits per heavy atom. The number of nitrogens with zero attached hydrogens (tertiary/aromatic N) is 2. The Bertz CT molecular complexity index is 341. The highest BCUT2D eigenvalue weighted by atomic mass is 16.5. The van der Waals surface area contributed by atoms with Gasteiger partial charge in [-0.1, -0.05) is 6.92 Å². The van der Waals surface area contributed by atoms with Gasteiger partial charge in [-0.2, -0.15) is 0 Å². The van der Waals surface area contributed by atoms with Crippen LogP contribution in [-0.4, -0.2) is 34.3 Å². The van der Waals surface area contributed by atoms with Crippen molar-refractivity contribution in [2.45, 2.75) is 52.2 Å². The van der Waals surface area contributed by atoms with Crippen molar-refractivity contribution >= 4 is 0 Å². The molecule has 1 heterocycles. The molecule has 0 bridgehead atoms. The first-order valence-electron chi connectivity index (χ1n) is 6.76. The van der Waals surface area contributed by atoms with E-state index in [0.717, 1.165) is 31.8 Å². The number of hydrogen-bond acceptors (Lipinski definition) is 3. The summed E-state index contributed by atoms with van der Waals surface area (Å²) < 4.78 is 7.94. The maximum atomic E-state index is 5.88. The lowest BCUT2D eigenvalue weighted by molar-refractivity contribution is -0.0146. The molecule has 0 spiro atoms. The maximum Gasteiger partial charge on any atom is 0.110 e. The Labute approximate surface area is 111 Å². The number of ether oxygens (including phenoxy) is 1. The molecule has 18 heavy (non-hydrogen) atoms. The second-order valence-electron chi connectivity index (χ2n) is 5.73. The Morgan fingerprint density at radius 3 is 2.67 bits per heavy atom. The van der Waals surface area contributed by atoms with Gasteiger partial charge in [0.1, 0.15) is 5.82 Å². The van der Waals surface area contributed by atoms with E-state index in [0.29, 0.717) is 6.04 Å². The van der Waals surface area contributed by atoms with Crippen LogP contribution in [0.3, 0.4) is 0 Å². The minimum absolute atomic E-state index is 0.0895. The highest BCUT2D eigenvalue weighted by Gasteiger charge is 2.16. The van der Waals surface area contributed by atoms with Crippen LogP contribution in [-0.2, 0) is 18.2 Å². The van der Waals surface area contributed by atoms with Crippen molar-refractivity contribution in [2.24, 2.45) is 7.05 Å². The number of imidazole rings is 1. The first-order valence-corrected chi connectivity index (χ1v) is 6.76. The summed E-state index contributed by atoms with van der Waals surface area (Å²) in [5, 5.41) is 3.53. The largest absolute Gasteiger partial charge is 0.374 e. The molecule has 0 fully saturated rings. The zero-order valence-electron chi connectivity index (χ0n) is 12.4. The van der Waals surface area contributed by atoms with Gasteiger partial charge in [0.15, 0.2) is 0 Å². The van der Waals surface area contributed by atoms with Crippen molar-refractivity contribution in [3.8, 4) is 0 Å². The fourth-order valence-corrected chi connectivity index (χ4v) is 1.70. The third-order valence-corrected chi connectivity index (χ3v) is 2.75. The van der Waals surface area contributed by atoms with Crippen LogP contribution in [0.15, 0.2) is 12.4 Å². The zero-order chi connectivity index (χ0) is 13.6. The van der Waals surface area contributed by atoms with Gasteiger partial charge in [0.05, 0.1) is 12.2 Å². The van der Waals surface area contributed by atoms with E-state index < -0.39 is 0 Å². The summed E-state index contributed by atoms with van der Waals surface area (Å²) >= 11 is 0. The molecule has 1 atom stereocenters. The van der Waals surface area contributed by atoms with Crippen LogP contribution in [0.2, 0.25) is 0 Å². The standard InChI is InChI=1S/C14H27N3O/c1-6-7-15-12(11-18-14(2,3)4)10-13-16-8-9-17(13)5/h8-9,12,15H,6-7,10-11H2,1-5H3. The molecule has 0 aromatic carbocycles. The molecule has 0 radical (unpaired) electrons. The van der Waals surface area contributed by atoms with Crippen molar-refractivity contribution in [1.82, 2.24) is 14.9 Å². The van der Waals surface area contributed by atoms with Crippen molar-refractivity contribution < 1.29 is 4.74 Å². The molecule has 0 aliphatic heterocycles. The van der Waals surface area contributed by atoms with Crippen LogP contribution >= 0.6 is 0 Å². The summed E-state index contributed by atoms with van der Waals surface area (Å²) in [4.78, 5) is 4.38. The predicted octanol–water partition coefficient (Wildman–Crippen LogP) is 2.15. The minimum atomic E-state index is -0.0895. The molecule has 1 aromatic heterocycles. The van der Waals surface area contributed by atoms with E-state index >= 15 is 0 Å². The van der Waals surface area contributed by atoms with E-state index in [1.807, 2.05) is 19.4 Å². The second kappa shape index (κ2) is 6.90. The van der Waals surface area contributed by atoms with E-state index in [1.165, 1.54) is 0 Å². The van der Waals surface area contributed by atoms with Crippen LogP contribution in [0.4, 0.5) is 0 Å². The summed E-state index contributed by atoms with van der Waals surface area (Å²) in [6.45, 7) is 10.2. The molecule has 0 amide bonds. The molecule has 0 aliphatic rings. The molecular weight excluding hydrogens is 226 g/mol. The van der Waals surface area contributed by atoms with Gasteiger partial charge < -0.3 is 14.6 Å². The van der Waals surface area contributed by atoms with E-state index in [4.69, 9.17) is 4.74 Å². The molecule has 104 valence electrons. The highest BCUT2D eigenvalue weighted by Crippen LogP contribution is 2.09. The van der Waals surface area contributed by atoms with Crippen molar-refractivity contribution in [1.29, 1.82) is 0 Å². The molecule has 1 aromatic rings. The van der Waals surface area contributed by atoms with Gasteiger partial charge in [-0.15, -0.1) is 0 Å². The highest BCUT2D eigenvalue weighted by molar-refractivity contribution is 4.94. The second-order valence-corrected chi connectivity index (χ2v) is 5.73. The summed E-state index contributed by atoms with van der Waals surface area (Å²) in [7, 11) is 2.03. The van der Waals surface area contributed by atoms with Gasteiger partial charge in [0, 0.05) is 31.9 Å². The summed E-state index contributed by atoms with van der Waals surface area (Å²) in [5.41, 5.74) is -0.0895. The number of rotatable bonds is 7. The third-order valence-electron chi connectivity index (χ3n) is 2.75. The molecule has 1 N–H and O–H groups in total. The molecule has 1 rings (SSSR count). The minimum Gasteiger partial charge on any atom is -0.374 e. The van der Waals surface area contributed by atoms with Gasteiger partial charge in [-0.25, -0.2) is 4.98 Å². The molecule has 4 nitrogen and oxygen atoms in total. The average molecular weight is 253 g/mol. The quantitative estimate of drug-likeness (QED) is 0.809. The molecule has 0 saturated carbocycles. The zero-order valence-corrected chi connectivity index (χ0v) is 12.4. The van der Waals surface area contributed by atoms with E-state index in [9.17, 15) is 0 Å². The SMILES string of the molecule is CCCNC(COC(C)(C)C)Cc1nccn1C. The molecular formula is C14H27N3O. The van der Waals surface area contributed by atoms with Crippen LogP contribution in [0.5, 0.6) is 0 Å². The lowest BCUT2D eigenvalue weighted by Crippen LogP contribution is -2.39. The van der Waals surface area contributed by atoms with Crippen LogP contribution in [0, 0.1) is 0 Å². The lowest BCUT2D eigenvalue weighted by atomic mass is 10.1. The maximum absolute atomic E-state index is 5.88. The third kappa shape index (κ3) is 5.65. The Morgan fingerprint density at radius 2 is 2.17 bits per heavy atom. The Kier molecular flexibility index (Phi) is 5.82. The number of hydrogen-bond donors (Lipinski definition) is 1. The molecule has 0 aliphatic carbocycles. The van der Waals surface area contributed by atoms with Gasteiger partial charge in [0.25, 0.3) is 0 Å². The van der Waals surface area contributed by atoms with Crippen LogP contribution in [0.1, 0.15) is 39.9 Å². The smallest absolute Gasteiger partial charge is 0.110 e. The molecule has 0 saturated heterocycles. The first kappa shape index (κ1) is 15.2. The summed E-state index contributed by atoms with van der Waals surface area (Å²) in [6.07, 6.45) is 5.86. The van der Waals surface area contributed by atoms with Gasteiger partial charge in [-0.05, 0) is 33.7 Å². The van der Waals surface area contributed by atoms with Gasteiger partial charge in [0.2, 0.25) is 0 Å². The monoisotopic (exact) mass is 253 g/mol. The average Bonchev–Trinajstić information content (AvgIpc) is 2.67. The topological polar surface area (TPSA) is 39.1 Å². The number of aryl methyl sites for hydroxylation is 1. The fraction of sp³-hybridized carbons (Fsp3) is 0.786. The Hall–Kier alpha value is -0.870. The van der Waals surface area contributed by atoms with Crippen molar-refractivity contribution in [2.75, 3.05) is 13.2 Å². The Balaban J connectivity index is 2.52. The van der Waals surface area contributed by atoms with Crippen LogP contribution < -0.4 is 5.32 Å². The summed E-state index contributed by atoms with van der Waals surface area (Å²) in [5.74, 6) is 1.10. The van der Waals surface area contributed by atoms with E-state index in [2.05, 4.69) is 42.6 Å². The first-order chi connectivity index (χ1) is 8.42. The van der Waals surface area contributed by atoms with Crippen molar-refractivity contribution in [3.05, 3.63) is 18.2 Å². The lowest BCUT2D eigenvalue weighted by Gasteiger charge is -2.25. The summed E-state index contributed by atoms with van der Waals surface area (Å²) in [6, 6.07) is 0.324. The van der Waals surface area contributed by atoms with Crippen molar-refractivity contribution in [3.63, 3.8) is 0 Å². The predicted molar refractivity (Wildman–Crippen MR) is 74.7 cm³/mol. The normalized spacial score (nSPS) is 13.8. The molecule has 4 heteroatoms. The van der Waals surface area contributed by atoms with Gasteiger partial charge >= 0.3 is 0 Å². The molecule has 1 unspecified atom stereocenters. The van der Waals surface area contributed by atoms with Crippen LogP contribution in [0.25, 0.3) is 0 Å². The van der Waals surface area contributed by atoms with Gasteiger partial charge in [-0.3, -0.25) is 0 Å². The van der Waals surface area contributed by atoms with E-state index in [1.54, 1.807) is 0 Å². The number of nitrogens with one attached hydrogen (secondary N) is 1.